The van der Waals surface area contributed by atoms with Gasteiger partial charge in [-0.15, -0.1) is 0 Å². The van der Waals surface area contributed by atoms with Crippen molar-refractivity contribution >= 4 is 17.6 Å². The van der Waals surface area contributed by atoms with Gasteiger partial charge < -0.3 is 5.11 Å². The topological polar surface area (TPSA) is 37.3 Å². The standard InChI is InChI=1S/C17H16O2/c1-2-13-8-10-14(11-9-13)12-16(17(18)19)15-6-4-3-5-7-15/h3-12H,2H2,1H3,(H,18,19)/b16-12-. The van der Waals surface area contributed by atoms with E-state index >= 15 is 0 Å². The number of carbonyl (C=O) groups is 1. The van der Waals surface area contributed by atoms with Crippen LogP contribution in [0.4, 0.5) is 0 Å². The zero-order valence-electron chi connectivity index (χ0n) is 10.8. The number of hydrogen-bond acceptors (Lipinski definition) is 1. The van der Waals surface area contributed by atoms with Crippen LogP contribution in [0.3, 0.4) is 0 Å². The van der Waals surface area contributed by atoms with E-state index in [2.05, 4.69) is 6.92 Å². The quantitative estimate of drug-likeness (QED) is 0.662. The van der Waals surface area contributed by atoms with E-state index in [1.807, 2.05) is 42.5 Å². The van der Waals surface area contributed by atoms with E-state index in [0.717, 1.165) is 17.5 Å². The largest absolute Gasteiger partial charge is 0.478 e. The summed E-state index contributed by atoms with van der Waals surface area (Å²) < 4.78 is 0. The van der Waals surface area contributed by atoms with Crippen LogP contribution in [0.15, 0.2) is 54.6 Å². The number of benzene rings is 2. The van der Waals surface area contributed by atoms with Gasteiger partial charge in [0.1, 0.15) is 0 Å². The number of aliphatic carboxylic acids is 1. The van der Waals surface area contributed by atoms with Crippen molar-refractivity contribution < 1.29 is 9.90 Å². The third-order valence-corrected chi connectivity index (χ3v) is 3.01. The van der Waals surface area contributed by atoms with Crippen LogP contribution < -0.4 is 0 Å². The van der Waals surface area contributed by atoms with E-state index in [1.165, 1.54) is 5.56 Å². The molecule has 0 unspecified atom stereocenters. The van der Waals surface area contributed by atoms with E-state index in [1.54, 1.807) is 18.2 Å². The Morgan fingerprint density at radius 1 is 1.05 bits per heavy atom. The van der Waals surface area contributed by atoms with Crippen LogP contribution in [0.1, 0.15) is 23.6 Å². The molecule has 0 heterocycles. The minimum atomic E-state index is -0.911. The lowest BCUT2D eigenvalue weighted by molar-refractivity contribution is -0.130. The highest BCUT2D eigenvalue weighted by Gasteiger charge is 2.09. The Labute approximate surface area is 113 Å². The molecule has 0 radical (unpaired) electrons. The molecule has 0 aliphatic heterocycles. The fourth-order valence-corrected chi connectivity index (χ4v) is 1.90. The van der Waals surface area contributed by atoms with Gasteiger partial charge in [-0.1, -0.05) is 61.5 Å². The van der Waals surface area contributed by atoms with Crippen molar-refractivity contribution in [3.63, 3.8) is 0 Å². The Morgan fingerprint density at radius 2 is 1.68 bits per heavy atom. The molecule has 0 aliphatic carbocycles. The lowest BCUT2D eigenvalue weighted by Gasteiger charge is -2.03. The van der Waals surface area contributed by atoms with Crippen LogP contribution in [0, 0.1) is 0 Å². The Morgan fingerprint density at radius 3 is 2.21 bits per heavy atom. The molecule has 19 heavy (non-hydrogen) atoms. The van der Waals surface area contributed by atoms with E-state index < -0.39 is 5.97 Å². The van der Waals surface area contributed by atoms with Gasteiger partial charge in [-0.25, -0.2) is 4.79 Å². The molecule has 2 nitrogen and oxygen atoms in total. The van der Waals surface area contributed by atoms with Gasteiger partial charge in [-0.05, 0) is 29.2 Å². The highest BCUT2D eigenvalue weighted by molar-refractivity contribution is 6.20. The van der Waals surface area contributed by atoms with Crippen molar-refractivity contribution in [2.45, 2.75) is 13.3 Å². The van der Waals surface area contributed by atoms with Crippen molar-refractivity contribution in [2.24, 2.45) is 0 Å². The summed E-state index contributed by atoms with van der Waals surface area (Å²) in [5, 5.41) is 9.32. The van der Waals surface area contributed by atoms with Crippen molar-refractivity contribution in [3.8, 4) is 0 Å². The number of hydrogen-bond donors (Lipinski definition) is 1. The summed E-state index contributed by atoms with van der Waals surface area (Å²) in [5.41, 5.74) is 3.17. The van der Waals surface area contributed by atoms with Crippen LogP contribution in [0.25, 0.3) is 11.6 Å². The molecule has 1 N–H and O–H groups in total. The van der Waals surface area contributed by atoms with Gasteiger partial charge >= 0.3 is 5.97 Å². The number of carboxylic acid groups (broad SMARTS) is 1. The van der Waals surface area contributed by atoms with E-state index in [0.29, 0.717) is 5.57 Å². The molecule has 0 atom stereocenters. The van der Waals surface area contributed by atoms with Crippen molar-refractivity contribution in [1.29, 1.82) is 0 Å². The first-order valence-corrected chi connectivity index (χ1v) is 6.30. The minimum absolute atomic E-state index is 0.310. The zero-order chi connectivity index (χ0) is 13.7. The average molecular weight is 252 g/mol. The molecular weight excluding hydrogens is 236 g/mol. The van der Waals surface area contributed by atoms with Crippen molar-refractivity contribution in [3.05, 3.63) is 71.3 Å². The molecule has 2 rings (SSSR count). The Bertz CT molecular complexity index is 580. The molecule has 0 saturated carbocycles. The molecule has 0 amide bonds. The van der Waals surface area contributed by atoms with Gasteiger partial charge in [0, 0.05) is 0 Å². The number of carboxylic acids is 1. The molecule has 0 saturated heterocycles. The van der Waals surface area contributed by atoms with Gasteiger partial charge in [0.15, 0.2) is 0 Å². The summed E-state index contributed by atoms with van der Waals surface area (Å²) in [6.07, 6.45) is 2.69. The van der Waals surface area contributed by atoms with Crippen molar-refractivity contribution in [1.82, 2.24) is 0 Å². The lowest BCUT2D eigenvalue weighted by atomic mass is 10.0. The van der Waals surface area contributed by atoms with Gasteiger partial charge in [0.05, 0.1) is 5.57 Å². The summed E-state index contributed by atoms with van der Waals surface area (Å²) in [4.78, 5) is 11.4. The predicted octanol–water partition coefficient (Wildman–Crippen LogP) is 3.87. The van der Waals surface area contributed by atoms with E-state index in [4.69, 9.17) is 0 Å². The maximum absolute atomic E-state index is 11.4. The summed E-state index contributed by atoms with van der Waals surface area (Å²) in [5.74, 6) is -0.911. The first-order chi connectivity index (χ1) is 9.20. The molecule has 2 heteroatoms. The van der Waals surface area contributed by atoms with Crippen LogP contribution in [0.5, 0.6) is 0 Å². The highest BCUT2D eigenvalue weighted by Crippen LogP contribution is 2.18. The van der Waals surface area contributed by atoms with E-state index in [9.17, 15) is 9.90 Å². The molecule has 0 spiro atoms. The lowest BCUT2D eigenvalue weighted by Crippen LogP contribution is -1.99. The molecule has 0 aromatic heterocycles. The fourth-order valence-electron chi connectivity index (χ4n) is 1.90. The second-order valence-electron chi connectivity index (χ2n) is 4.32. The molecule has 0 fully saturated rings. The normalized spacial score (nSPS) is 11.3. The third kappa shape index (κ3) is 3.32. The van der Waals surface area contributed by atoms with E-state index in [-0.39, 0.29) is 0 Å². The molecular formula is C17H16O2. The molecule has 96 valence electrons. The van der Waals surface area contributed by atoms with Crippen molar-refractivity contribution in [2.75, 3.05) is 0 Å². The number of aryl methyl sites for hydroxylation is 1. The predicted molar refractivity (Wildman–Crippen MR) is 77.8 cm³/mol. The summed E-state index contributed by atoms with van der Waals surface area (Å²) in [7, 11) is 0. The second-order valence-corrected chi connectivity index (χ2v) is 4.32. The molecule has 0 bridgehead atoms. The zero-order valence-corrected chi connectivity index (χ0v) is 10.8. The third-order valence-electron chi connectivity index (χ3n) is 3.01. The molecule has 2 aromatic rings. The first-order valence-electron chi connectivity index (χ1n) is 6.30. The first kappa shape index (κ1) is 13.1. The summed E-state index contributed by atoms with van der Waals surface area (Å²) >= 11 is 0. The van der Waals surface area contributed by atoms with Crippen LogP contribution in [-0.4, -0.2) is 11.1 Å². The highest BCUT2D eigenvalue weighted by atomic mass is 16.4. The maximum Gasteiger partial charge on any atom is 0.336 e. The van der Waals surface area contributed by atoms with Crippen LogP contribution in [0.2, 0.25) is 0 Å². The Kier molecular flexibility index (Phi) is 4.14. The van der Waals surface area contributed by atoms with Gasteiger partial charge in [0.2, 0.25) is 0 Å². The Hall–Kier alpha value is -2.35. The molecule has 2 aromatic carbocycles. The maximum atomic E-state index is 11.4. The minimum Gasteiger partial charge on any atom is -0.478 e. The summed E-state index contributed by atoms with van der Waals surface area (Å²) in [6.45, 7) is 2.09. The Balaban J connectivity index is 2.38. The molecule has 0 aliphatic rings. The number of rotatable bonds is 4. The van der Waals surface area contributed by atoms with Crippen LogP contribution >= 0.6 is 0 Å². The summed E-state index contributed by atoms with van der Waals surface area (Å²) in [6, 6.07) is 17.1. The van der Waals surface area contributed by atoms with Gasteiger partial charge in [-0.3, -0.25) is 0 Å². The average Bonchev–Trinajstić information content (AvgIpc) is 2.46. The smallest absolute Gasteiger partial charge is 0.336 e. The van der Waals surface area contributed by atoms with Gasteiger partial charge in [0.25, 0.3) is 0 Å². The van der Waals surface area contributed by atoms with Gasteiger partial charge in [-0.2, -0.15) is 0 Å². The second kappa shape index (κ2) is 6.01. The SMILES string of the molecule is CCc1ccc(/C=C(\C(=O)O)c2ccccc2)cc1. The fraction of sp³-hybridized carbons (Fsp3) is 0.118. The van der Waals surface area contributed by atoms with Crippen LogP contribution in [-0.2, 0) is 11.2 Å². The monoisotopic (exact) mass is 252 g/mol.